The maximum Gasteiger partial charge on any atom is 0.298 e. The van der Waals surface area contributed by atoms with Gasteiger partial charge in [-0.05, 0) is 55.5 Å². The number of nitrogens with zero attached hydrogens (tertiary/aromatic N) is 2. The summed E-state index contributed by atoms with van der Waals surface area (Å²) in [6.45, 7) is 0.498. The summed E-state index contributed by atoms with van der Waals surface area (Å²) in [5, 5.41) is 2.56. The maximum absolute atomic E-state index is 13.7. The Morgan fingerprint density at radius 1 is 1.15 bits per heavy atom. The lowest BCUT2D eigenvalue weighted by molar-refractivity contribution is 0.00550. The van der Waals surface area contributed by atoms with Gasteiger partial charge in [0, 0.05) is 50.6 Å². The third-order valence-electron chi connectivity index (χ3n) is 8.10. The van der Waals surface area contributed by atoms with Gasteiger partial charge in [-0.3, -0.25) is 14.3 Å². The van der Waals surface area contributed by atoms with Crippen LogP contribution >= 0.6 is 0 Å². The van der Waals surface area contributed by atoms with E-state index in [1.54, 1.807) is 4.90 Å². The quantitative estimate of drug-likeness (QED) is 0.417. The molecule has 3 N–H and O–H groups in total. The van der Waals surface area contributed by atoms with Crippen LogP contribution in [0.4, 0.5) is 34.6 Å². The Hall–Kier alpha value is -3.13. The SMILES string of the molecule is CNS(=O)(=O)Nc1ccc(C(=O)Nc2cccn([C@@H]3CCC(F)(F)C3)c2=O)c(N2CC[C@@]3(C(F)F)C[C@H]3C2)c1. The van der Waals surface area contributed by atoms with Crippen LogP contribution < -0.4 is 25.2 Å². The molecular formula is C25H29F4N5O4S. The molecule has 39 heavy (non-hydrogen) atoms. The zero-order valence-corrected chi connectivity index (χ0v) is 21.9. The number of nitrogens with one attached hydrogen (secondary N) is 3. The highest BCUT2D eigenvalue weighted by Gasteiger charge is 2.62. The van der Waals surface area contributed by atoms with E-state index < -0.39 is 51.9 Å². The van der Waals surface area contributed by atoms with Crippen LogP contribution in [-0.4, -0.2) is 51.4 Å². The highest BCUT2D eigenvalue weighted by molar-refractivity contribution is 7.90. The average Bonchev–Trinajstić information content (AvgIpc) is 3.53. The van der Waals surface area contributed by atoms with Crippen LogP contribution in [0.25, 0.3) is 0 Å². The minimum Gasteiger partial charge on any atom is -0.370 e. The molecule has 0 spiro atoms. The Morgan fingerprint density at radius 2 is 1.92 bits per heavy atom. The summed E-state index contributed by atoms with van der Waals surface area (Å²) in [6, 6.07) is 6.39. The van der Waals surface area contributed by atoms with E-state index in [1.165, 1.54) is 48.1 Å². The predicted molar refractivity (Wildman–Crippen MR) is 138 cm³/mol. The van der Waals surface area contributed by atoms with Crippen molar-refractivity contribution in [2.24, 2.45) is 11.3 Å². The van der Waals surface area contributed by atoms with Crippen LogP contribution in [0.3, 0.4) is 0 Å². The van der Waals surface area contributed by atoms with Gasteiger partial charge in [-0.2, -0.15) is 8.42 Å². The molecule has 3 atom stereocenters. The largest absolute Gasteiger partial charge is 0.370 e. The summed E-state index contributed by atoms with van der Waals surface area (Å²) in [5.41, 5.74) is -1.15. The van der Waals surface area contributed by atoms with E-state index in [2.05, 4.69) is 14.8 Å². The zero-order valence-electron chi connectivity index (χ0n) is 21.1. The first-order valence-corrected chi connectivity index (χ1v) is 14.1. The lowest BCUT2D eigenvalue weighted by atomic mass is 9.95. The summed E-state index contributed by atoms with van der Waals surface area (Å²) in [7, 11) is -2.64. The summed E-state index contributed by atoms with van der Waals surface area (Å²) >= 11 is 0. The van der Waals surface area contributed by atoms with Crippen molar-refractivity contribution in [2.75, 3.05) is 35.1 Å². The van der Waals surface area contributed by atoms with E-state index in [9.17, 15) is 35.6 Å². The van der Waals surface area contributed by atoms with Crippen molar-refractivity contribution < 1.29 is 30.8 Å². The molecule has 3 fully saturated rings. The van der Waals surface area contributed by atoms with Crippen molar-refractivity contribution in [3.05, 3.63) is 52.4 Å². The molecule has 3 aliphatic rings. The fourth-order valence-corrected chi connectivity index (χ4v) is 6.29. The monoisotopic (exact) mass is 571 g/mol. The Kier molecular flexibility index (Phi) is 6.90. The van der Waals surface area contributed by atoms with Crippen molar-refractivity contribution in [3.8, 4) is 0 Å². The number of anilines is 3. The standard InChI is InChI=1S/C25H29F4N5O4S/c1-30-39(37,38)32-16-4-5-18(20(11-16)33-10-8-24(23(26)27)12-15(24)14-33)21(35)31-19-3-2-9-34(22(19)36)17-6-7-25(28,29)13-17/h2-5,9,11,15,17,23,30,32H,6-8,10,12-14H2,1H3,(H,31,35)/t15-,17+,24+/m0/s1. The van der Waals surface area contributed by atoms with Gasteiger partial charge in [0.05, 0.1) is 16.9 Å². The number of fused-ring (bicyclic) bond motifs is 1. The normalized spacial score (nSPS) is 25.8. The molecule has 0 bridgehead atoms. The van der Waals surface area contributed by atoms with Crippen LogP contribution in [0.1, 0.15) is 48.5 Å². The molecule has 1 aliphatic heterocycles. The number of benzene rings is 1. The Bertz CT molecular complexity index is 1450. The lowest BCUT2D eigenvalue weighted by Gasteiger charge is -2.34. The van der Waals surface area contributed by atoms with Crippen molar-refractivity contribution in [1.82, 2.24) is 9.29 Å². The fraction of sp³-hybridized carbons (Fsp3) is 0.520. The van der Waals surface area contributed by atoms with E-state index in [4.69, 9.17) is 0 Å². The number of halogens is 4. The molecule has 2 heterocycles. The van der Waals surface area contributed by atoms with Crippen molar-refractivity contribution >= 4 is 33.2 Å². The minimum absolute atomic E-state index is 0.0961. The zero-order chi connectivity index (χ0) is 28.2. The number of carbonyl (C=O) groups is 1. The second kappa shape index (κ2) is 9.81. The molecule has 14 heteroatoms. The molecule has 5 rings (SSSR count). The number of alkyl halides is 4. The second-order valence-corrected chi connectivity index (χ2v) is 12.1. The molecule has 9 nitrogen and oxygen atoms in total. The Labute approximate surface area is 222 Å². The van der Waals surface area contributed by atoms with Crippen molar-refractivity contribution in [3.63, 3.8) is 0 Å². The third kappa shape index (κ3) is 5.36. The first-order chi connectivity index (χ1) is 18.3. The van der Waals surface area contributed by atoms with E-state index in [-0.39, 0.29) is 55.2 Å². The first-order valence-electron chi connectivity index (χ1n) is 12.6. The van der Waals surface area contributed by atoms with Crippen molar-refractivity contribution in [2.45, 2.75) is 50.5 Å². The molecular weight excluding hydrogens is 542 g/mol. The number of carbonyl (C=O) groups excluding carboxylic acids is 1. The van der Waals surface area contributed by atoms with Crippen LogP contribution in [-0.2, 0) is 10.2 Å². The molecule has 0 unspecified atom stereocenters. The number of aromatic nitrogens is 1. The van der Waals surface area contributed by atoms with Gasteiger partial charge in [0.25, 0.3) is 21.7 Å². The van der Waals surface area contributed by atoms with Crippen LogP contribution in [0.2, 0.25) is 0 Å². The molecule has 2 aromatic rings. The molecule has 212 valence electrons. The number of piperidine rings is 1. The van der Waals surface area contributed by atoms with Gasteiger partial charge >= 0.3 is 0 Å². The van der Waals surface area contributed by atoms with Gasteiger partial charge in [-0.25, -0.2) is 22.3 Å². The number of hydrogen-bond donors (Lipinski definition) is 3. The number of amides is 1. The molecule has 0 radical (unpaired) electrons. The number of hydrogen-bond acceptors (Lipinski definition) is 5. The molecule has 1 amide bonds. The van der Waals surface area contributed by atoms with Crippen molar-refractivity contribution in [1.29, 1.82) is 0 Å². The predicted octanol–water partition coefficient (Wildman–Crippen LogP) is 3.82. The average molecular weight is 572 g/mol. The van der Waals surface area contributed by atoms with Crippen LogP contribution in [0.15, 0.2) is 41.3 Å². The summed E-state index contributed by atoms with van der Waals surface area (Å²) in [6.07, 6.45) is -1.09. The molecule has 2 aliphatic carbocycles. The van der Waals surface area contributed by atoms with Crippen LogP contribution in [0.5, 0.6) is 0 Å². The fourth-order valence-electron chi connectivity index (χ4n) is 5.75. The van der Waals surface area contributed by atoms with E-state index in [0.717, 1.165) is 0 Å². The molecule has 1 aromatic heterocycles. The highest BCUT2D eigenvalue weighted by atomic mass is 32.2. The van der Waals surface area contributed by atoms with Gasteiger partial charge in [-0.1, -0.05) is 0 Å². The van der Waals surface area contributed by atoms with Crippen LogP contribution in [0, 0.1) is 11.3 Å². The smallest absolute Gasteiger partial charge is 0.298 e. The molecule has 1 saturated heterocycles. The first kappa shape index (κ1) is 27.4. The van der Waals surface area contributed by atoms with Gasteiger partial charge in [0.15, 0.2) is 0 Å². The van der Waals surface area contributed by atoms with E-state index in [0.29, 0.717) is 12.1 Å². The molecule has 1 aromatic carbocycles. The van der Waals surface area contributed by atoms with Gasteiger partial charge < -0.3 is 14.8 Å². The Balaban J connectivity index is 1.43. The highest BCUT2D eigenvalue weighted by Crippen LogP contribution is 2.61. The summed E-state index contributed by atoms with van der Waals surface area (Å²) < 4.78 is 84.4. The summed E-state index contributed by atoms with van der Waals surface area (Å²) in [4.78, 5) is 28.2. The van der Waals surface area contributed by atoms with E-state index >= 15 is 0 Å². The van der Waals surface area contributed by atoms with E-state index in [1.807, 2.05) is 0 Å². The Morgan fingerprint density at radius 3 is 2.56 bits per heavy atom. The molecule has 2 saturated carbocycles. The number of pyridine rings is 1. The number of rotatable bonds is 8. The third-order valence-corrected chi connectivity index (χ3v) is 9.14. The summed E-state index contributed by atoms with van der Waals surface area (Å²) in [5.74, 6) is -3.79. The second-order valence-electron chi connectivity index (χ2n) is 10.5. The van der Waals surface area contributed by atoms with Gasteiger partial charge in [0.2, 0.25) is 12.3 Å². The maximum atomic E-state index is 13.7. The van der Waals surface area contributed by atoms with Gasteiger partial charge in [0.1, 0.15) is 5.69 Å². The van der Waals surface area contributed by atoms with Gasteiger partial charge in [-0.15, -0.1) is 0 Å². The minimum atomic E-state index is -3.87. The topological polar surface area (TPSA) is 113 Å². The lowest BCUT2D eigenvalue weighted by Crippen LogP contribution is -2.38.